The van der Waals surface area contributed by atoms with E-state index in [-0.39, 0.29) is 5.92 Å². The van der Waals surface area contributed by atoms with Crippen molar-refractivity contribution in [2.24, 2.45) is 5.92 Å². The summed E-state index contributed by atoms with van der Waals surface area (Å²) < 4.78 is 11.3. The minimum absolute atomic E-state index is 0.151. The summed E-state index contributed by atoms with van der Waals surface area (Å²) in [5.74, 6) is 1.03. The molecule has 5 nitrogen and oxygen atoms in total. The van der Waals surface area contributed by atoms with Crippen LogP contribution in [0.4, 0.5) is 0 Å². The monoisotopic (exact) mass is 356 g/mol. The predicted molar refractivity (Wildman–Crippen MR) is 99.7 cm³/mol. The highest BCUT2D eigenvalue weighted by Crippen LogP contribution is 2.36. The molecule has 0 spiro atoms. The normalized spacial score (nSPS) is 30.0. The van der Waals surface area contributed by atoms with Crippen LogP contribution in [0.2, 0.25) is 0 Å². The van der Waals surface area contributed by atoms with E-state index >= 15 is 0 Å². The van der Waals surface area contributed by atoms with Gasteiger partial charge in [0, 0.05) is 30.2 Å². The summed E-state index contributed by atoms with van der Waals surface area (Å²) in [7, 11) is 0. The van der Waals surface area contributed by atoms with E-state index < -0.39 is 5.60 Å². The van der Waals surface area contributed by atoms with Gasteiger partial charge in [-0.3, -0.25) is 4.90 Å². The largest absolute Gasteiger partial charge is 0.390 e. The first-order valence-electron chi connectivity index (χ1n) is 9.60. The van der Waals surface area contributed by atoms with Crippen LogP contribution in [0.25, 0.3) is 11.3 Å². The quantitative estimate of drug-likeness (QED) is 0.910. The number of aromatic nitrogens is 1. The Morgan fingerprint density at radius 2 is 2.12 bits per heavy atom. The summed E-state index contributed by atoms with van der Waals surface area (Å²) in [6.45, 7) is 7.08. The minimum Gasteiger partial charge on any atom is -0.390 e. The van der Waals surface area contributed by atoms with Crippen molar-refractivity contribution in [2.45, 2.75) is 51.3 Å². The Bertz CT molecular complexity index is 738. The van der Waals surface area contributed by atoms with E-state index in [1.165, 1.54) is 5.56 Å². The third-order valence-corrected chi connectivity index (χ3v) is 5.99. The highest BCUT2D eigenvalue weighted by atomic mass is 16.5. The van der Waals surface area contributed by atoms with Gasteiger partial charge in [-0.15, -0.1) is 0 Å². The van der Waals surface area contributed by atoms with Gasteiger partial charge in [0.15, 0.2) is 5.76 Å². The van der Waals surface area contributed by atoms with E-state index in [4.69, 9.17) is 9.26 Å². The summed E-state index contributed by atoms with van der Waals surface area (Å²) in [5, 5.41) is 15.1. The molecule has 0 aliphatic carbocycles. The van der Waals surface area contributed by atoms with E-state index in [9.17, 15) is 5.11 Å². The molecule has 3 atom stereocenters. The van der Waals surface area contributed by atoms with Crippen molar-refractivity contribution >= 4 is 0 Å². The van der Waals surface area contributed by atoms with Crippen LogP contribution in [0.15, 0.2) is 34.9 Å². The van der Waals surface area contributed by atoms with Gasteiger partial charge in [0.2, 0.25) is 0 Å². The van der Waals surface area contributed by atoms with Crippen LogP contribution >= 0.6 is 0 Å². The molecule has 2 fully saturated rings. The van der Waals surface area contributed by atoms with Gasteiger partial charge >= 0.3 is 0 Å². The smallest absolute Gasteiger partial charge is 0.151 e. The van der Waals surface area contributed by atoms with E-state index in [2.05, 4.69) is 41.2 Å². The van der Waals surface area contributed by atoms with Crippen molar-refractivity contribution in [1.82, 2.24) is 10.1 Å². The number of hydrogen-bond acceptors (Lipinski definition) is 5. The van der Waals surface area contributed by atoms with Crippen LogP contribution in [0.1, 0.15) is 37.5 Å². The van der Waals surface area contributed by atoms with Crippen LogP contribution in [0.5, 0.6) is 0 Å². The molecule has 26 heavy (non-hydrogen) atoms. The van der Waals surface area contributed by atoms with Crippen LogP contribution < -0.4 is 0 Å². The second-order valence-corrected chi connectivity index (χ2v) is 8.01. The Labute approximate surface area is 154 Å². The number of aliphatic hydroxyl groups is 1. The lowest BCUT2D eigenvalue weighted by molar-refractivity contribution is -0.124. The first-order chi connectivity index (χ1) is 12.5. The van der Waals surface area contributed by atoms with Gasteiger partial charge in [0.05, 0.1) is 18.8 Å². The molecule has 3 heterocycles. The third-order valence-electron chi connectivity index (χ3n) is 5.99. The molecule has 2 saturated heterocycles. The molecule has 5 heteroatoms. The van der Waals surface area contributed by atoms with Gasteiger partial charge in [0.25, 0.3) is 0 Å². The summed E-state index contributed by atoms with van der Waals surface area (Å²) in [6, 6.07) is 10.7. The maximum absolute atomic E-state index is 10.8. The second-order valence-electron chi connectivity index (χ2n) is 8.01. The van der Waals surface area contributed by atoms with Crippen LogP contribution in [0.3, 0.4) is 0 Å². The summed E-state index contributed by atoms with van der Waals surface area (Å²) in [6.07, 6.45) is 2.96. The van der Waals surface area contributed by atoms with Gasteiger partial charge in [-0.25, -0.2) is 0 Å². The molecule has 0 radical (unpaired) electrons. The molecule has 2 aliphatic heterocycles. The Balaban J connectivity index is 1.47. The maximum Gasteiger partial charge on any atom is 0.151 e. The lowest BCUT2D eigenvalue weighted by Gasteiger charge is -2.43. The van der Waals surface area contributed by atoms with Crippen molar-refractivity contribution in [2.75, 3.05) is 19.8 Å². The van der Waals surface area contributed by atoms with Crippen LogP contribution in [-0.4, -0.2) is 46.6 Å². The Morgan fingerprint density at radius 3 is 2.88 bits per heavy atom. The second kappa shape index (κ2) is 7.14. The molecular weight excluding hydrogens is 328 g/mol. The van der Waals surface area contributed by atoms with E-state index in [0.717, 1.165) is 42.9 Å². The molecule has 2 aliphatic rings. The number of likely N-dealkylation sites (tertiary alicyclic amines) is 1. The number of aryl methyl sites for hydroxylation is 1. The molecule has 0 bridgehead atoms. The molecule has 2 aromatic rings. The summed E-state index contributed by atoms with van der Waals surface area (Å²) in [5.41, 5.74) is 2.54. The third kappa shape index (κ3) is 3.56. The molecule has 3 unspecified atom stereocenters. The lowest BCUT2D eigenvalue weighted by Crippen LogP contribution is -2.52. The average molecular weight is 356 g/mol. The highest BCUT2D eigenvalue weighted by Gasteiger charge is 2.44. The number of nitrogens with zero attached hydrogens (tertiary/aromatic N) is 2. The maximum atomic E-state index is 10.8. The highest BCUT2D eigenvalue weighted by molar-refractivity contribution is 5.59. The van der Waals surface area contributed by atoms with Crippen molar-refractivity contribution in [3.05, 3.63) is 41.7 Å². The Hall–Kier alpha value is -1.69. The van der Waals surface area contributed by atoms with E-state index in [0.29, 0.717) is 25.7 Å². The number of hydrogen-bond donors (Lipinski definition) is 1. The molecule has 1 N–H and O–H groups in total. The lowest BCUT2D eigenvalue weighted by atomic mass is 9.79. The average Bonchev–Trinajstić information content (AvgIpc) is 3.25. The SMILES string of the molecule is Cc1ccc(-c2cc(CN3CCCC3C3COCCC3(C)O)on2)cc1. The zero-order valence-electron chi connectivity index (χ0n) is 15.6. The first-order valence-corrected chi connectivity index (χ1v) is 9.60. The van der Waals surface area contributed by atoms with E-state index in [1.807, 2.05) is 13.0 Å². The van der Waals surface area contributed by atoms with Crippen molar-refractivity contribution in [3.8, 4) is 11.3 Å². The Kier molecular flexibility index (Phi) is 4.86. The molecule has 1 aromatic heterocycles. The van der Waals surface area contributed by atoms with Gasteiger partial charge in [0.1, 0.15) is 5.69 Å². The van der Waals surface area contributed by atoms with Gasteiger partial charge in [-0.1, -0.05) is 35.0 Å². The molecule has 4 rings (SSSR count). The van der Waals surface area contributed by atoms with Crippen LogP contribution in [-0.2, 0) is 11.3 Å². The van der Waals surface area contributed by atoms with Crippen molar-refractivity contribution in [3.63, 3.8) is 0 Å². The minimum atomic E-state index is -0.653. The van der Waals surface area contributed by atoms with Crippen molar-refractivity contribution in [1.29, 1.82) is 0 Å². The standard InChI is InChI=1S/C21H28N2O3/c1-15-5-7-16(8-6-15)19-12-17(26-22-19)13-23-10-3-4-20(23)18-14-25-11-9-21(18,2)24/h5-8,12,18,20,24H,3-4,9-11,13-14H2,1-2H3. The Morgan fingerprint density at radius 1 is 1.31 bits per heavy atom. The first kappa shape index (κ1) is 17.7. The van der Waals surface area contributed by atoms with Gasteiger partial charge in [-0.05, 0) is 39.7 Å². The fourth-order valence-corrected chi connectivity index (χ4v) is 4.33. The topological polar surface area (TPSA) is 58.7 Å². The molecule has 0 amide bonds. The molecule has 0 saturated carbocycles. The zero-order valence-corrected chi connectivity index (χ0v) is 15.6. The predicted octanol–water partition coefficient (Wildman–Crippen LogP) is 3.40. The number of benzene rings is 1. The zero-order chi connectivity index (χ0) is 18.1. The molecule has 1 aromatic carbocycles. The molecule has 140 valence electrons. The molecular formula is C21H28N2O3. The number of ether oxygens (including phenoxy) is 1. The van der Waals surface area contributed by atoms with Crippen molar-refractivity contribution < 1.29 is 14.4 Å². The number of rotatable bonds is 4. The summed E-state index contributed by atoms with van der Waals surface area (Å²) >= 11 is 0. The van der Waals surface area contributed by atoms with Gasteiger partial charge < -0.3 is 14.4 Å². The summed E-state index contributed by atoms with van der Waals surface area (Å²) in [4.78, 5) is 2.42. The van der Waals surface area contributed by atoms with E-state index in [1.54, 1.807) is 0 Å². The fourth-order valence-electron chi connectivity index (χ4n) is 4.33. The van der Waals surface area contributed by atoms with Gasteiger partial charge in [-0.2, -0.15) is 0 Å². The fraction of sp³-hybridized carbons (Fsp3) is 0.571. The van der Waals surface area contributed by atoms with Crippen LogP contribution in [0, 0.1) is 12.8 Å².